The minimum absolute atomic E-state index is 0.143. The molecule has 0 fully saturated rings. The van der Waals surface area contributed by atoms with E-state index >= 15 is 0 Å². The number of hydrogen-bond acceptors (Lipinski definition) is 5. The van der Waals surface area contributed by atoms with Crippen LogP contribution in [0.1, 0.15) is 17.3 Å². The van der Waals surface area contributed by atoms with Gasteiger partial charge in [0.1, 0.15) is 0 Å². The summed E-state index contributed by atoms with van der Waals surface area (Å²) >= 11 is 0. The molecule has 0 aliphatic heterocycles. The van der Waals surface area contributed by atoms with Gasteiger partial charge in [-0.3, -0.25) is 4.72 Å². The summed E-state index contributed by atoms with van der Waals surface area (Å²) in [4.78, 5) is 11.4. The van der Waals surface area contributed by atoms with Crippen LogP contribution in [-0.4, -0.2) is 28.1 Å². The zero-order valence-electron chi connectivity index (χ0n) is 13.1. The number of carbonyl (C=O) groups excluding carboxylic acids is 1. The van der Waals surface area contributed by atoms with Crippen LogP contribution in [0.2, 0.25) is 0 Å². The fourth-order valence-corrected chi connectivity index (χ4v) is 2.98. The summed E-state index contributed by atoms with van der Waals surface area (Å²) in [5.41, 5.74) is 0.564. The van der Waals surface area contributed by atoms with Gasteiger partial charge in [0.25, 0.3) is 10.0 Å². The first kappa shape index (κ1) is 17.7. The first-order chi connectivity index (χ1) is 11.4. The molecule has 0 atom stereocenters. The molecule has 0 saturated heterocycles. The van der Waals surface area contributed by atoms with Crippen LogP contribution in [0.3, 0.4) is 0 Å². The second-order valence-electron chi connectivity index (χ2n) is 4.70. The fourth-order valence-electron chi connectivity index (χ4n) is 1.91. The highest BCUT2D eigenvalue weighted by Crippen LogP contribution is 2.23. The highest BCUT2D eigenvalue weighted by atomic mass is 32.2. The summed E-state index contributed by atoms with van der Waals surface area (Å²) in [6.07, 6.45) is 0. The van der Waals surface area contributed by atoms with E-state index in [9.17, 15) is 17.6 Å². The Morgan fingerprint density at radius 2 is 1.83 bits per heavy atom. The minimum Gasteiger partial charge on any atom is -0.494 e. The van der Waals surface area contributed by atoms with Crippen molar-refractivity contribution >= 4 is 21.7 Å². The SMILES string of the molecule is CCOC(=O)c1ccc(NS(=O)(=O)c2ccc(F)c(OC)c2)cc1. The molecule has 0 heterocycles. The molecule has 0 spiro atoms. The van der Waals surface area contributed by atoms with Crippen LogP contribution in [0.25, 0.3) is 0 Å². The Kier molecular flexibility index (Phi) is 5.40. The number of hydrogen-bond donors (Lipinski definition) is 1. The van der Waals surface area contributed by atoms with Crippen molar-refractivity contribution in [3.63, 3.8) is 0 Å². The van der Waals surface area contributed by atoms with Gasteiger partial charge in [-0.05, 0) is 43.3 Å². The third-order valence-corrected chi connectivity index (χ3v) is 4.46. The Balaban J connectivity index is 2.21. The average Bonchev–Trinajstić information content (AvgIpc) is 2.55. The monoisotopic (exact) mass is 353 g/mol. The van der Waals surface area contributed by atoms with Crippen molar-refractivity contribution in [2.24, 2.45) is 0 Å². The number of nitrogens with one attached hydrogen (secondary N) is 1. The van der Waals surface area contributed by atoms with E-state index in [4.69, 9.17) is 9.47 Å². The van der Waals surface area contributed by atoms with E-state index in [2.05, 4.69) is 4.72 Å². The van der Waals surface area contributed by atoms with Crippen molar-refractivity contribution in [1.82, 2.24) is 0 Å². The standard InChI is InChI=1S/C16H16FNO5S/c1-3-23-16(19)11-4-6-12(7-5-11)18-24(20,21)13-8-9-14(17)15(10-13)22-2/h4-10,18H,3H2,1-2H3. The number of anilines is 1. The molecule has 0 aromatic heterocycles. The first-order valence-corrected chi connectivity index (χ1v) is 8.49. The second-order valence-corrected chi connectivity index (χ2v) is 6.38. The van der Waals surface area contributed by atoms with E-state index in [1.54, 1.807) is 6.92 Å². The van der Waals surface area contributed by atoms with Crippen LogP contribution in [0.5, 0.6) is 5.75 Å². The van der Waals surface area contributed by atoms with Gasteiger partial charge in [0, 0.05) is 11.8 Å². The molecule has 128 valence electrons. The molecule has 0 aliphatic carbocycles. The van der Waals surface area contributed by atoms with Crippen molar-refractivity contribution in [3.8, 4) is 5.75 Å². The van der Waals surface area contributed by atoms with Gasteiger partial charge < -0.3 is 9.47 Å². The van der Waals surface area contributed by atoms with Gasteiger partial charge >= 0.3 is 5.97 Å². The number of esters is 1. The maximum atomic E-state index is 13.4. The Morgan fingerprint density at radius 1 is 1.17 bits per heavy atom. The molecule has 24 heavy (non-hydrogen) atoms. The number of ether oxygens (including phenoxy) is 2. The minimum atomic E-state index is -3.92. The predicted octanol–water partition coefficient (Wildman–Crippen LogP) is 2.81. The van der Waals surface area contributed by atoms with Gasteiger partial charge in [-0.1, -0.05) is 0 Å². The maximum absolute atomic E-state index is 13.4. The number of rotatable bonds is 6. The van der Waals surface area contributed by atoms with Crippen LogP contribution in [0, 0.1) is 5.82 Å². The van der Waals surface area contributed by atoms with Crippen LogP contribution in [0.4, 0.5) is 10.1 Å². The lowest BCUT2D eigenvalue weighted by Gasteiger charge is -2.10. The van der Waals surface area contributed by atoms with Crippen LogP contribution in [-0.2, 0) is 14.8 Å². The normalized spacial score (nSPS) is 11.0. The summed E-state index contributed by atoms with van der Waals surface area (Å²) in [5.74, 6) is -1.32. The van der Waals surface area contributed by atoms with Gasteiger partial charge in [-0.15, -0.1) is 0 Å². The molecule has 6 nitrogen and oxygen atoms in total. The molecule has 8 heteroatoms. The second kappa shape index (κ2) is 7.31. The van der Waals surface area contributed by atoms with E-state index in [-0.39, 0.29) is 22.9 Å². The van der Waals surface area contributed by atoms with Crippen LogP contribution in [0.15, 0.2) is 47.4 Å². The van der Waals surface area contributed by atoms with Crippen molar-refractivity contribution in [2.45, 2.75) is 11.8 Å². The van der Waals surface area contributed by atoms with Gasteiger partial charge in [-0.2, -0.15) is 0 Å². The number of carbonyl (C=O) groups is 1. The third kappa shape index (κ3) is 4.02. The Bertz CT molecular complexity index is 834. The molecule has 0 amide bonds. The zero-order chi connectivity index (χ0) is 17.7. The molecule has 0 radical (unpaired) electrons. The van der Waals surface area contributed by atoms with E-state index in [1.807, 2.05) is 0 Å². The van der Waals surface area contributed by atoms with Crippen molar-refractivity contribution in [2.75, 3.05) is 18.4 Å². The smallest absolute Gasteiger partial charge is 0.338 e. The number of halogens is 1. The fraction of sp³-hybridized carbons (Fsp3) is 0.188. The lowest BCUT2D eigenvalue weighted by molar-refractivity contribution is 0.0526. The number of methoxy groups -OCH3 is 1. The topological polar surface area (TPSA) is 81.7 Å². The molecule has 0 aliphatic rings. The first-order valence-electron chi connectivity index (χ1n) is 7.01. The molecule has 0 saturated carbocycles. The molecular weight excluding hydrogens is 337 g/mol. The Labute approximate surface area is 139 Å². The Hall–Kier alpha value is -2.61. The molecular formula is C16H16FNO5S. The van der Waals surface area contributed by atoms with Crippen molar-refractivity contribution in [1.29, 1.82) is 0 Å². The van der Waals surface area contributed by atoms with Gasteiger partial charge in [-0.25, -0.2) is 17.6 Å². The summed E-state index contributed by atoms with van der Waals surface area (Å²) < 4.78 is 50.0. The molecule has 0 unspecified atom stereocenters. The molecule has 0 bridgehead atoms. The van der Waals surface area contributed by atoms with Gasteiger partial charge in [0.05, 0.1) is 24.2 Å². The van der Waals surface area contributed by atoms with Crippen LogP contribution < -0.4 is 9.46 Å². The van der Waals surface area contributed by atoms with Crippen molar-refractivity contribution < 1.29 is 27.1 Å². The lowest BCUT2D eigenvalue weighted by Crippen LogP contribution is -2.13. The number of benzene rings is 2. The van der Waals surface area contributed by atoms with Gasteiger partial charge in [0.2, 0.25) is 0 Å². The third-order valence-electron chi connectivity index (χ3n) is 3.08. The highest BCUT2D eigenvalue weighted by Gasteiger charge is 2.17. The quantitative estimate of drug-likeness (QED) is 0.808. The average molecular weight is 353 g/mol. The van der Waals surface area contributed by atoms with Gasteiger partial charge in [0.15, 0.2) is 11.6 Å². The Morgan fingerprint density at radius 3 is 2.42 bits per heavy atom. The van der Waals surface area contributed by atoms with E-state index in [0.717, 1.165) is 18.2 Å². The highest BCUT2D eigenvalue weighted by molar-refractivity contribution is 7.92. The molecule has 2 aromatic rings. The van der Waals surface area contributed by atoms with E-state index < -0.39 is 21.8 Å². The summed E-state index contributed by atoms with van der Waals surface area (Å²) in [5, 5.41) is 0. The zero-order valence-corrected chi connectivity index (χ0v) is 13.9. The van der Waals surface area contributed by atoms with E-state index in [1.165, 1.54) is 31.4 Å². The predicted molar refractivity (Wildman–Crippen MR) is 86.2 cm³/mol. The lowest BCUT2D eigenvalue weighted by atomic mass is 10.2. The summed E-state index contributed by atoms with van der Waals surface area (Å²) in [6, 6.07) is 8.99. The molecule has 1 N–H and O–H groups in total. The molecule has 2 aromatic carbocycles. The largest absolute Gasteiger partial charge is 0.494 e. The number of sulfonamides is 1. The summed E-state index contributed by atoms with van der Waals surface area (Å²) in [7, 11) is -2.67. The van der Waals surface area contributed by atoms with Crippen LogP contribution >= 0.6 is 0 Å². The summed E-state index contributed by atoms with van der Waals surface area (Å²) in [6.45, 7) is 1.94. The van der Waals surface area contributed by atoms with Crippen molar-refractivity contribution in [3.05, 3.63) is 53.8 Å². The maximum Gasteiger partial charge on any atom is 0.338 e. The molecule has 2 rings (SSSR count). The van der Waals surface area contributed by atoms with E-state index in [0.29, 0.717) is 5.56 Å².